The smallest absolute Gasteiger partial charge is 0.284 e. The summed E-state index contributed by atoms with van der Waals surface area (Å²) < 4.78 is 7.51. The third kappa shape index (κ3) is 5.71. The third-order valence-electron chi connectivity index (χ3n) is 6.19. The molecule has 0 aliphatic carbocycles. The second-order valence-corrected chi connectivity index (χ2v) is 9.99. The number of piperidine rings is 1. The molecule has 1 aromatic carbocycles. The fourth-order valence-electron chi connectivity index (χ4n) is 4.64. The van der Waals surface area contributed by atoms with Crippen molar-refractivity contribution in [2.75, 3.05) is 32.7 Å². The highest BCUT2D eigenvalue weighted by Crippen LogP contribution is 2.34. The van der Waals surface area contributed by atoms with Gasteiger partial charge in [0.25, 0.3) is 11.6 Å². The maximum atomic E-state index is 13.1. The number of nitrogens with zero attached hydrogens (tertiary/aromatic N) is 6. The molecule has 2 aliphatic heterocycles. The van der Waals surface area contributed by atoms with E-state index in [1.165, 1.54) is 12.4 Å². The number of hydrogen-bond acceptors (Lipinski definition) is 8. The summed E-state index contributed by atoms with van der Waals surface area (Å²) in [5.41, 5.74) is 0.248. The Hall–Kier alpha value is -2.50. The molecule has 11 heteroatoms. The standard InChI is InChI=1S/C22H30N6O4S/c1-15-11-26(12-16(2)32-15)13-17-6-8-27(9-7-17)21(29)18-4-5-20(19(10-18)28(30)31)33-22-24-23-14-25(22)3/h4-5,10,14-17H,6-9,11-13H2,1-3H3. The molecular weight excluding hydrogens is 444 g/mol. The van der Waals surface area contributed by atoms with Crippen molar-refractivity contribution < 1.29 is 14.5 Å². The second-order valence-electron chi connectivity index (χ2n) is 8.98. The van der Waals surface area contributed by atoms with Gasteiger partial charge in [-0.15, -0.1) is 10.2 Å². The normalized spacial score (nSPS) is 22.5. The van der Waals surface area contributed by atoms with E-state index in [-0.39, 0.29) is 23.8 Å². The number of benzene rings is 1. The number of likely N-dealkylation sites (tertiary alicyclic amines) is 1. The van der Waals surface area contributed by atoms with E-state index in [0.717, 1.165) is 44.2 Å². The molecule has 4 rings (SSSR count). The number of carbonyl (C=O) groups is 1. The highest BCUT2D eigenvalue weighted by molar-refractivity contribution is 7.99. The van der Waals surface area contributed by atoms with Gasteiger partial charge in [-0.25, -0.2) is 0 Å². The Bertz CT molecular complexity index is 997. The molecule has 1 aromatic heterocycles. The maximum absolute atomic E-state index is 13.1. The molecule has 0 saturated carbocycles. The van der Waals surface area contributed by atoms with Gasteiger partial charge in [0, 0.05) is 51.4 Å². The van der Waals surface area contributed by atoms with E-state index in [1.54, 1.807) is 23.7 Å². The molecule has 178 valence electrons. The molecule has 1 amide bonds. The van der Waals surface area contributed by atoms with E-state index in [1.807, 2.05) is 4.90 Å². The zero-order chi connectivity index (χ0) is 23.5. The monoisotopic (exact) mass is 474 g/mol. The van der Waals surface area contributed by atoms with Crippen molar-refractivity contribution in [3.8, 4) is 0 Å². The van der Waals surface area contributed by atoms with Crippen LogP contribution >= 0.6 is 11.8 Å². The summed E-state index contributed by atoms with van der Waals surface area (Å²) in [5, 5.41) is 20.0. The van der Waals surface area contributed by atoms with Crippen LogP contribution in [0.2, 0.25) is 0 Å². The van der Waals surface area contributed by atoms with Crippen LogP contribution in [-0.2, 0) is 11.8 Å². The van der Waals surface area contributed by atoms with Crippen molar-refractivity contribution in [3.63, 3.8) is 0 Å². The van der Waals surface area contributed by atoms with E-state index >= 15 is 0 Å². The third-order valence-corrected chi connectivity index (χ3v) is 7.30. The summed E-state index contributed by atoms with van der Waals surface area (Å²) in [6, 6.07) is 4.67. The fraction of sp³-hybridized carbons (Fsp3) is 0.591. The Morgan fingerprint density at radius 2 is 1.94 bits per heavy atom. The number of rotatable bonds is 6. The van der Waals surface area contributed by atoms with Crippen molar-refractivity contribution in [1.29, 1.82) is 0 Å². The zero-order valence-corrected chi connectivity index (χ0v) is 20.0. The quantitative estimate of drug-likeness (QED) is 0.465. The van der Waals surface area contributed by atoms with Crippen molar-refractivity contribution >= 4 is 23.4 Å². The first-order valence-corrected chi connectivity index (χ1v) is 12.1. The van der Waals surface area contributed by atoms with Gasteiger partial charge < -0.3 is 14.2 Å². The first-order valence-electron chi connectivity index (χ1n) is 11.3. The van der Waals surface area contributed by atoms with Crippen LogP contribution in [0.3, 0.4) is 0 Å². The lowest BCUT2D eigenvalue weighted by atomic mass is 9.95. The highest BCUT2D eigenvalue weighted by Gasteiger charge is 2.29. The maximum Gasteiger partial charge on any atom is 0.284 e. The van der Waals surface area contributed by atoms with Crippen LogP contribution in [-0.4, -0.2) is 80.3 Å². The Labute approximate surface area is 197 Å². The number of aryl methyl sites for hydroxylation is 1. The van der Waals surface area contributed by atoms with Gasteiger partial charge in [-0.2, -0.15) is 0 Å². The van der Waals surface area contributed by atoms with Crippen LogP contribution in [0.5, 0.6) is 0 Å². The number of carbonyl (C=O) groups excluding carboxylic acids is 1. The molecule has 10 nitrogen and oxygen atoms in total. The topological polar surface area (TPSA) is 107 Å². The number of nitro benzene ring substituents is 1. The molecule has 2 saturated heterocycles. The van der Waals surface area contributed by atoms with E-state index in [4.69, 9.17) is 4.74 Å². The van der Waals surface area contributed by atoms with Crippen molar-refractivity contribution in [3.05, 3.63) is 40.2 Å². The average molecular weight is 475 g/mol. The minimum Gasteiger partial charge on any atom is -0.373 e. The molecule has 3 heterocycles. The lowest BCUT2D eigenvalue weighted by molar-refractivity contribution is -0.387. The molecule has 2 fully saturated rings. The summed E-state index contributed by atoms with van der Waals surface area (Å²) in [4.78, 5) is 29.0. The zero-order valence-electron chi connectivity index (χ0n) is 19.2. The number of hydrogen-bond donors (Lipinski definition) is 0. The predicted octanol–water partition coefficient (Wildman–Crippen LogP) is 2.84. The summed E-state index contributed by atoms with van der Waals surface area (Å²) in [7, 11) is 1.77. The average Bonchev–Trinajstić information content (AvgIpc) is 3.17. The fourth-order valence-corrected chi connectivity index (χ4v) is 5.49. The number of nitro groups is 1. The van der Waals surface area contributed by atoms with Gasteiger partial charge in [-0.3, -0.25) is 19.8 Å². The van der Waals surface area contributed by atoms with Crippen LogP contribution in [0.4, 0.5) is 5.69 Å². The highest BCUT2D eigenvalue weighted by atomic mass is 32.2. The molecule has 2 aromatic rings. The molecule has 0 bridgehead atoms. The predicted molar refractivity (Wildman–Crippen MR) is 123 cm³/mol. The minimum absolute atomic E-state index is 0.0979. The van der Waals surface area contributed by atoms with Gasteiger partial charge in [-0.05, 0) is 56.5 Å². The van der Waals surface area contributed by atoms with Crippen LogP contribution in [0, 0.1) is 16.0 Å². The molecule has 0 N–H and O–H groups in total. The van der Waals surface area contributed by atoms with Gasteiger partial charge in [0.05, 0.1) is 22.0 Å². The Morgan fingerprint density at radius 1 is 1.24 bits per heavy atom. The van der Waals surface area contributed by atoms with Gasteiger partial charge in [0.1, 0.15) is 6.33 Å². The number of aromatic nitrogens is 3. The largest absolute Gasteiger partial charge is 0.373 e. The molecule has 2 atom stereocenters. The van der Waals surface area contributed by atoms with Crippen LogP contribution in [0.25, 0.3) is 0 Å². The summed E-state index contributed by atoms with van der Waals surface area (Å²) in [5.74, 6) is 0.395. The lowest BCUT2D eigenvalue weighted by Gasteiger charge is -2.39. The van der Waals surface area contributed by atoms with Crippen LogP contribution < -0.4 is 0 Å². The Balaban J connectivity index is 1.37. The Morgan fingerprint density at radius 3 is 2.55 bits per heavy atom. The minimum atomic E-state index is -0.452. The molecule has 33 heavy (non-hydrogen) atoms. The van der Waals surface area contributed by atoms with Crippen LogP contribution in [0.1, 0.15) is 37.0 Å². The lowest BCUT2D eigenvalue weighted by Crippen LogP contribution is -2.48. The van der Waals surface area contributed by atoms with Crippen molar-refractivity contribution in [2.45, 2.75) is 48.9 Å². The van der Waals surface area contributed by atoms with Gasteiger partial charge in [0.15, 0.2) is 5.16 Å². The van der Waals surface area contributed by atoms with Crippen LogP contribution in [0.15, 0.2) is 34.6 Å². The first-order chi connectivity index (χ1) is 15.8. The molecular formula is C22H30N6O4S. The summed E-state index contributed by atoms with van der Waals surface area (Å²) in [6.45, 7) is 8.49. The number of ether oxygens (including phenoxy) is 1. The summed E-state index contributed by atoms with van der Waals surface area (Å²) in [6.07, 6.45) is 3.92. The van der Waals surface area contributed by atoms with Gasteiger partial charge in [0.2, 0.25) is 0 Å². The summed E-state index contributed by atoms with van der Waals surface area (Å²) >= 11 is 1.16. The SMILES string of the molecule is CC1CN(CC2CCN(C(=O)c3ccc(Sc4nncn4C)c([N+](=O)[O-])c3)CC2)CC(C)O1. The van der Waals surface area contributed by atoms with Crippen molar-refractivity contribution in [1.82, 2.24) is 24.6 Å². The van der Waals surface area contributed by atoms with Crippen molar-refractivity contribution in [2.24, 2.45) is 13.0 Å². The second kappa shape index (κ2) is 10.2. The van der Waals surface area contributed by atoms with E-state index in [9.17, 15) is 14.9 Å². The molecule has 0 radical (unpaired) electrons. The van der Waals surface area contributed by atoms with E-state index < -0.39 is 4.92 Å². The number of morpholine rings is 1. The van der Waals surface area contributed by atoms with E-state index in [2.05, 4.69) is 28.9 Å². The van der Waals surface area contributed by atoms with Gasteiger partial charge in [-0.1, -0.05) is 0 Å². The Kier molecular flexibility index (Phi) is 7.30. The van der Waals surface area contributed by atoms with E-state index in [0.29, 0.717) is 34.6 Å². The molecule has 0 spiro atoms. The molecule has 2 aliphatic rings. The van der Waals surface area contributed by atoms with Gasteiger partial charge >= 0.3 is 0 Å². The first kappa shape index (κ1) is 23.7. The molecule has 2 unspecified atom stereocenters. The number of amides is 1.